The molecule has 4 rings (SSSR count). The van der Waals surface area contributed by atoms with E-state index in [9.17, 15) is 4.79 Å². The molecule has 0 bridgehead atoms. The van der Waals surface area contributed by atoms with E-state index in [-0.39, 0.29) is 18.3 Å². The number of nitrogens with zero attached hydrogens (tertiary/aromatic N) is 1. The number of aromatic nitrogens is 1. The highest BCUT2D eigenvalue weighted by atomic mass is 16.7. The number of methoxy groups -OCH3 is 3. The molecule has 1 fully saturated rings. The molecule has 3 aromatic rings. The fourth-order valence-electron chi connectivity index (χ4n) is 3.81. The summed E-state index contributed by atoms with van der Waals surface area (Å²) in [7, 11) is 4.65. The van der Waals surface area contributed by atoms with E-state index in [1.807, 2.05) is 18.2 Å². The first kappa shape index (κ1) is 23.1. The van der Waals surface area contributed by atoms with Crippen LogP contribution in [0.15, 0.2) is 53.3 Å². The molecule has 1 aromatic heterocycles. The van der Waals surface area contributed by atoms with E-state index in [1.165, 1.54) is 4.57 Å². The van der Waals surface area contributed by atoms with Gasteiger partial charge < -0.3 is 28.4 Å². The van der Waals surface area contributed by atoms with E-state index in [0.29, 0.717) is 35.1 Å². The Hall–Kier alpha value is -3.07. The van der Waals surface area contributed by atoms with Gasteiger partial charge in [-0.1, -0.05) is 0 Å². The van der Waals surface area contributed by atoms with Crippen LogP contribution in [0.1, 0.15) is 12.8 Å². The smallest absolute Gasteiger partial charge is 0.265 e. The topological polar surface area (TPSA) is 77.4 Å². The molecule has 0 saturated carbocycles. The third-order valence-electron chi connectivity index (χ3n) is 5.63. The third-order valence-corrected chi connectivity index (χ3v) is 5.63. The van der Waals surface area contributed by atoms with Gasteiger partial charge in [0, 0.05) is 32.3 Å². The molecule has 0 amide bonds. The average Bonchev–Trinajstić information content (AvgIpc) is 3.37. The molecule has 2 aromatic carbocycles. The van der Waals surface area contributed by atoms with Crippen molar-refractivity contribution < 1.29 is 28.4 Å². The highest BCUT2D eigenvalue weighted by Crippen LogP contribution is 2.26. The monoisotopic (exact) mass is 455 g/mol. The van der Waals surface area contributed by atoms with Crippen LogP contribution in [0.4, 0.5) is 0 Å². The van der Waals surface area contributed by atoms with Gasteiger partial charge in [0.1, 0.15) is 24.7 Å². The van der Waals surface area contributed by atoms with Gasteiger partial charge in [0.05, 0.1) is 18.9 Å². The molecule has 8 nitrogen and oxygen atoms in total. The van der Waals surface area contributed by atoms with Gasteiger partial charge >= 0.3 is 0 Å². The molecule has 8 heteroatoms. The van der Waals surface area contributed by atoms with Gasteiger partial charge in [0.2, 0.25) is 5.88 Å². The number of hydrogen-bond acceptors (Lipinski definition) is 7. The molecule has 176 valence electrons. The molecule has 1 atom stereocenters. The normalized spacial score (nSPS) is 15.8. The van der Waals surface area contributed by atoms with E-state index >= 15 is 0 Å². The SMILES string of the molecule is COc1cc2cc(OCC3CCCO3)ccc2c(=O)n1-c1ccc(OCC(OC)OC)cc1. The van der Waals surface area contributed by atoms with Crippen LogP contribution in [0.3, 0.4) is 0 Å². The molecule has 0 N–H and O–H groups in total. The zero-order chi connectivity index (χ0) is 23.2. The predicted octanol–water partition coefficient (Wildman–Crippen LogP) is 3.55. The first-order chi connectivity index (χ1) is 16.1. The number of ether oxygens (including phenoxy) is 6. The minimum Gasteiger partial charge on any atom is -0.491 e. The van der Waals surface area contributed by atoms with Crippen LogP contribution in [0.5, 0.6) is 17.4 Å². The van der Waals surface area contributed by atoms with E-state index < -0.39 is 6.29 Å². The Kier molecular flexibility index (Phi) is 7.49. The van der Waals surface area contributed by atoms with Gasteiger partial charge in [-0.15, -0.1) is 0 Å². The summed E-state index contributed by atoms with van der Waals surface area (Å²) >= 11 is 0. The van der Waals surface area contributed by atoms with Gasteiger partial charge in [-0.05, 0) is 60.7 Å². The van der Waals surface area contributed by atoms with Crippen molar-refractivity contribution in [2.24, 2.45) is 0 Å². The van der Waals surface area contributed by atoms with Gasteiger partial charge in [-0.2, -0.15) is 0 Å². The highest BCUT2D eigenvalue weighted by Gasteiger charge is 2.17. The summed E-state index contributed by atoms with van der Waals surface area (Å²) < 4.78 is 34.5. The summed E-state index contributed by atoms with van der Waals surface area (Å²) in [5.74, 6) is 1.76. The summed E-state index contributed by atoms with van der Waals surface area (Å²) in [5.41, 5.74) is 0.488. The maximum Gasteiger partial charge on any atom is 0.265 e. The second-order valence-electron chi connectivity index (χ2n) is 7.73. The maximum atomic E-state index is 13.3. The zero-order valence-electron chi connectivity index (χ0n) is 19.1. The van der Waals surface area contributed by atoms with Crippen molar-refractivity contribution in [3.05, 3.63) is 58.9 Å². The van der Waals surface area contributed by atoms with Gasteiger partial charge in [0.15, 0.2) is 6.29 Å². The van der Waals surface area contributed by atoms with Crippen molar-refractivity contribution in [3.63, 3.8) is 0 Å². The van der Waals surface area contributed by atoms with Gasteiger partial charge in [0.25, 0.3) is 5.56 Å². The Bertz CT molecular complexity index is 1120. The number of rotatable bonds is 10. The Balaban J connectivity index is 1.57. The van der Waals surface area contributed by atoms with Crippen LogP contribution in [-0.2, 0) is 14.2 Å². The van der Waals surface area contributed by atoms with Crippen LogP contribution in [0.2, 0.25) is 0 Å². The van der Waals surface area contributed by atoms with E-state index in [2.05, 4.69) is 0 Å². The summed E-state index contributed by atoms with van der Waals surface area (Å²) in [5, 5.41) is 1.33. The lowest BCUT2D eigenvalue weighted by Crippen LogP contribution is -2.22. The van der Waals surface area contributed by atoms with E-state index in [4.69, 9.17) is 28.4 Å². The molecule has 0 radical (unpaired) electrons. The van der Waals surface area contributed by atoms with Crippen LogP contribution in [0.25, 0.3) is 16.5 Å². The van der Waals surface area contributed by atoms with E-state index in [1.54, 1.807) is 51.7 Å². The van der Waals surface area contributed by atoms with Crippen molar-refractivity contribution in [2.45, 2.75) is 25.2 Å². The van der Waals surface area contributed by atoms with Crippen molar-refractivity contribution in [3.8, 4) is 23.1 Å². The largest absolute Gasteiger partial charge is 0.491 e. The van der Waals surface area contributed by atoms with Gasteiger partial charge in [-0.25, -0.2) is 4.57 Å². The summed E-state index contributed by atoms with van der Waals surface area (Å²) in [4.78, 5) is 13.3. The standard InChI is InChI=1S/C25H29NO7/c1-28-23-14-17-13-20(32-15-21-5-4-12-31-21)10-11-22(17)25(27)26(23)18-6-8-19(9-7-18)33-16-24(29-2)30-3/h6-11,13-14,21,24H,4-5,12,15-16H2,1-3H3. The molecule has 2 heterocycles. The van der Waals surface area contributed by atoms with Crippen molar-refractivity contribution >= 4 is 10.8 Å². The lowest BCUT2D eigenvalue weighted by atomic mass is 10.1. The maximum absolute atomic E-state index is 13.3. The Morgan fingerprint density at radius 1 is 1.00 bits per heavy atom. The Morgan fingerprint density at radius 3 is 2.42 bits per heavy atom. The average molecular weight is 456 g/mol. The number of hydrogen-bond donors (Lipinski definition) is 0. The van der Waals surface area contributed by atoms with Crippen molar-refractivity contribution in [2.75, 3.05) is 41.2 Å². The van der Waals surface area contributed by atoms with Crippen LogP contribution in [0, 0.1) is 0 Å². The predicted molar refractivity (Wildman–Crippen MR) is 124 cm³/mol. The summed E-state index contributed by atoms with van der Waals surface area (Å²) in [6.07, 6.45) is 1.75. The van der Waals surface area contributed by atoms with Crippen LogP contribution < -0.4 is 19.8 Å². The fourth-order valence-corrected chi connectivity index (χ4v) is 3.81. The van der Waals surface area contributed by atoms with Gasteiger partial charge in [-0.3, -0.25) is 4.79 Å². The van der Waals surface area contributed by atoms with Crippen LogP contribution in [-0.4, -0.2) is 58.1 Å². The highest BCUT2D eigenvalue weighted by molar-refractivity contribution is 5.84. The number of fused-ring (bicyclic) bond motifs is 1. The lowest BCUT2D eigenvalue weighted by Gasteiger charge is -2.16. The van der Waals surface area contributed by atoms with E-state index in [0.717, 1.165) is 24.8 Å². The lowest BCUT2D eigenvalue weighted by molar-refractivity contribution is -0.121. The molecule has 1 unspecified atom stereocenters. The molecule has 33 heavy (non-hydrogen) atoms. The number of benzene rings is 2. The quantitative estimate of drug-likeness (QED) is 0.433. The number of pyridine rings is 1. The third kappa shape index (κ3) is 5.30. The molecular weight excluding hydrogens is 426 g/mol. The second kappa shape index (κ2) is 10.7. The molecule has 1 aliphatic rings. The Labute approximate surface area is 192 Å². The fraction of sp³-hybridized carbons (Fsp3) is 0.400. The first-order valence-corrected chi connectivity index (χ1v) is 10.9. The molecular formula is C25H29NO7. The second-order valence-corrected chi connectivity index (χ2v) is 7.73. The molecule has 1 saturated heterocycles. The van der Waals surface area contributed by atoms with Crippen LogP contribution >= 0.6 is 0 Å². The molecule has 0 spiro atoms. The van der Waals surface area contributed by atoms with Crippen molar-refractivity contribution in [1.29, 1.82) is 0 Å². The minimum atomic E-state index is -0.451. The summed E-state index contributed by atoms with van der Waals surface area (Å²) in [6, 6.07) is 14.5. The van der Waals surface area contributed by atoms with Crippen molar-refractivity contribution in [1.82, 2.24) is 4.57 Å². The summed E-state index contributed by atoms with van der Waals surface area (Å²) in [6.45, 7) is 1.54. The molecule has 0 aliphatic carbocycles. The Morgan fingerprint density at radius 2 is 1.76 bits per heavy atom. The minimum absolute atomic E-state index is 0.130. The zero-order valence-corrected chi connectivity index (χ0v) is 19.1. The first-order valence-electron chi connectivity index (χ1n) is 10.9. The molecule has 1 aliphatic heterocycles.